The van der Waals surface area contributed by atoms with Gasteiger partial charge in [-0.3, -0.25) is 4.79 Å². The molecule has 1 saturated carbocycles. The van der Waals surface area contributed by atoms with Gasteiger partial charge in [0, 0.05) is 18.9 Å². The van der Waals surface area contributed by atoms with E-state index in [9.17, 15) is 4.79 Å². The number of hydrogen-bond acceptors (Lipinski definition) is 3. The van der Waals surface area contributed by atoms with Crippen molar-refractivity contribution >= 4 is 5.91 Å². The summed E-state index contributed by atoms with van der Waals surface area (Å²) in [5, 5.41) is 11.3. The molecular formula is C17H17N5O. The van der Waals surface area contributed by atoms with Gasteiger partial charge in [-0.15, -0.1) is 5.10 Å². The first-order valence-corrected chi connectivity index (χ1v) is 7.75. The first-order valence-electron chi connectivity index (χ1n) is 7.75. The highest BCUT2D eigenvalue weighted by Gasteiger charge is 2.25. The molecule has 0 saturated heterocycles. The van der Waals surface area contributed by atoms with Crippen LogP contribution < -0.4 is 5.32 Å². The molecule has 0 radical (unpaired) electrons. The van der Waals surface area contributed by atoms with E-state index in [0.717, 1.165) is 5.69 Å². The van der Waals surface area contributed by atoms with Gasteiger partial charge in [-0.2, -0.15) is 4.68 Å². The Morgan fingerprint density at radius 3 is 2.57 bits per heavy atom. The summed E-state index contributed by atoms with van der Waals surface area (Å²) in [7, 11) is 0. The van der Waals surface area contributed by atoms with Crippen LogP contribution in [0.3, 0.4) is 0 Å². The van der Waals surface area contributed by atoms with Crippen molar-refractivity contribution in [2.24, 2.45) is 5.92 Å². The summed E-state index contributed by atoms with van der Waals surface area (Å²) in [5.41, 5.74) is 1.20. The molecule has 23 heavy (non-hydrogen) atoms. The SMILES string of the molecule is O=C(NCC1CC1)c1nnn(-c2ccccc2)c1-n1cccc1. The topological polar surface area (TPSA) is 64.7 Å². The van der Waals surface area contributed by atoms with Crippen LogP contribution in [0, 0.1) is 5.92 Å². The lowest BCUT2D eigenvalue weighted by molar-refractivity contribution is 0.0946. The second kappa shape index (κ2) is 5.72. The van der Waals surface area contributed by atoms with Crippen molar-refractivity contribution in [3.05, 3.63) is 60.6 Å². The summed E-state index contributed by atoms with van der Waals surface area (Å²) in [6, 6.07) is 13.5. The van der Waals surface area contributed by atoms with E-state index in [1.54, 1.807) is 4.68 Å². The van der Waals surface area contributed by atoms with Gasteiger partial charge in [-0.05, 0) is 43.0 Å². The lowest BCUT2D eigenvalue weighted by Gasteiger charge is -2.09. The van der Waals surface area contributed by atoms with Gasteiger partial charge in [-0.25, -0.2) is 0 Å². The second-order valence-electron chi connectivity index (χ2n) is 5.75. The molecule has 6 heteroatoms. The Bertz CT molecular complexity index is 803. The van der Waals surface area contributed by atoms with Gasteiger partial charge in [0.1, 0.15) is 0 Å². The fourth-order valence-electron chi connectivity index (χ4n) is 2.52. The molecule has 1 fully saturated rings. The summed E-state index contributed by atoms with van der Waals surface area (Å²) >= 11 is 0. The molecule has 0 aliphatic heterocycles. The second-order valence-corrected chi connectivity index (χ2v) is 5.75. The average molecular weight is 307 g/mol. The molecule has 2 aromatic heterocycles. The van der Waals surface area contributed by atoms with Gasteiger partial charge < -0.3 is 9.88 Å². The van der Waals surface area contributed by atoms with Gasteiger partial charge in [0.15, 0.2) is 11.5 Å². The van der Waals surface area contributed by atoms with Gasteiger partial charge in [0.25, 0.3) is 5.91 Å². The molecule has 1 aliphatic rings. The van der Waals surface area contributed by atoms with Crippen LogP contribution in [0.4, 0.5) is 0 Å². The predicted octanol–water partition coefficient (Wildman–Crippen LogP) is 2.20. The van der Waals surface area contributed by atoms with Gasteiger partial charge in [0.2, 0.25) is 0 Å². The molecule has 3 aromatic rings. The molecule has 1 amide bonds. The first kappa shape index (κ1) is 13.8. The van der Waals surface area contributed by atoms with Gasteiger partial charge in [-0.1, -0.05) is 23.4 Å². The Kier molecular flexibility index (Phi) is 3.42. The molecule has 0 spiro atoms. The number of aromatic nitrogens is 4. The van der Waals surface area contributed by atoms with Crippen LogP contribution >= 0.6 is 0 Å². The molecule has 0 bridgehead atoms. The number of hydrogen-bond donors (Lipinski definition) is 1. The Morgan fingerprint density at radius 1 is 1.13 bits per heavy atom. The van der Waals surface area contributed by atoms with E-state index in [4.69, 9.17) is 0 Å². The van der Waals surface area contributed by atoms with E-state index in [1.165, 1.54) is 12.8 Å². The van der Waals surface area contributed by atoms with Crippen LogP contribution in [0.5, 0.6) is 0 Å². The van der Waals surface area contributed by atoms with Crippen LogP contribution in [0.25, 0.3) is 11.5 Å². The van der Waals surface area contributed by atoms with Crippen molar-refractivity contribution in [1.82, 2.24) is 24.9 Å². The van der Waals surface area contributed by atoms with E-state index in [-0.39, 0.29) is 5.91 Å². The normalized spacial score (nSPS) is 13.9. The van der Waals surface area contributed by atoms with E-state index < -0.39 is 0 Å². The first-order chi connectivity index (χ1) is 11.3. The van der Waals surface area contributed by atoms with Crippen LogP contribution in [0.1, 0.15) is 23.3 Å². The van der Waals surface area contributed by atoms with Crippen LogP contribution in [-0.2, 0) is 0 Å². The Hall–Kier alpha value is -2.89. The van der Waals surface area contributed by atoms with E-state index >= 15 is 0 Å². The summed E-state index contributed by atoms with van der Waals surface area (Å²) in [6.45, 7) is 0.710. The maximum atomic E-state index is 12.5. The minimum Gasteiger partial charge on any atom is -0.350 e. The molecule has 0 atom stereocenters. The third kappa shape index (κ3) is 2.75. The highest BCUT2D eigenvalue weighted by atomic mass is 16.2. The zero-order valence-electron chi connectivity index (χ0n) is 12.6. The number of carbonyl (C=O) groups excluding carboxylic acids is 1. The summed E-state index contributed by atoms with van der Waals surface area (Å²) in [5.74, 6) is 1.09. The van der Waals surface area contributed by atoms with Crippen molar-refractivity contribution in [3.8, 4) is 11.5 Å². The number of benzene rings is 1. The van der Waals surface area contributed by atoms with Crippen molar-refractivity contribution in [1.29, 1.82) is 0 Å². The van der Waals surface area contributed by atoms with Gasteiger partial charge >= 0.3 is 0 Å². The van der Waals surface area contributed by atoms with Crippen molar-refractivity contribution in [3.63, 3.8) is 0 Å². The van der Waals surface area contributed by atoms with E-state index in [1.807, 2.05) is 59.4 Å². The zero-order chi connectivity index (χ0) is 15.6. The van der Waals surface area contributed by atoms with Crippen molar-refractivity contribution < 1.29 is 4.79 Å². The molecule has 1 N–H and O–H groups in total. The number of para-hydroxylation sites is 1. The number of carbonyl (C=O) groups is 1. The molecule has 116 valence electrons. The minimum atomic E-state index is -0.178. The van der Waals surface area contributed by atoms with Crippen LogP contribution in [0.2, 0.25) is 0 Å². The van der Waals surface area contributed by atoms with E-state index in [0.29, 0.717) is 24.0 Å². The molecule has 6 nitrogen and oxygen atoms in total. The zero-order valence-corrected chi connectivity index (χ0v) is 12.6. The number of amides is 1. The summed E-state index contributed by atoms with van der Waals surface area (Å²) in [6.07, 6.45) is 6.16. The van der Waals surface area contributed by atoms with Crippen molar-refractivity contribution in [2.75, 3.05) is 6.54 Å². The molecular weight excluding hydrogens is 290 g/mol. The Morgan fingerprint density at radius 2 is 1.87 bits per heavy atom. The number of nitrogens with zero attached hydrogens (tertiary/aromatic N) is 4. The monoisotopic (exact) mass is 307 g/mol. The summed E-state index contributed by atoms with van der Waals surface area (Å²) in [4.78, 5) is 12.5. The Balaban J connectivity index is 1.74. The third-order valence-electron chi connectivity index (χ3n) is 3.96. The smallest absolute Gasteiger partial charge is 0.275 e. The molecule has 0 unspecified atom stereocenters. The molecule has 2 heterocycles. The fraction of sp³-hybridized carbons (Fsp3) is 0.235. The third-order valence-corrected chi connectivity index (χ3v) is 3.96. The van der Waals surface area contributed by atoms with Crippen LogP contribution in [0.15, 0.2) is 54.9 Å². The fourth-order valence-corrected chi connectivity index (χ4v) is 2.52. The van der Waals surface area contributed by atoms with Crippen LogP contribution in [-0.4, -0.2) is 32.0 Å². The number of nitrogens with one attached hydrogen (secondary N) is 1. The van der Waals surface area contributed by atoms with Gasteiger partial charge in [0.05, 0.1) is 5.69 Å². The quantitative estimate of drug-likeness (QED) is 0.786. The van der Waals surface area contributed by atoms with E-state index in [2.05, 4.69) is 15.6 Å². The maximum Gasteiger partial charge on any atom is 0.275 e. The standard InChI is InChI=1S/C17H17N5O/c23-16(18-12-13-8-9-13)15-17(21-10-4-5-11-21)22(20-19-15)14-6-2-1-3-7-14/h1-7,10-11,13H,8-9,12H2,(H,18,23). The average Bonchev–Trinajstić information content (AvgIpc) is 3.09. The largest absolute Gasteiger partial charge is 0.350 e. The lowest BCUT2D eigenvalue weighted by atomic mass is 10.3. The lowest BCUT2D eigenvalue weighted by Crippen LogP contribution is -2.27. The Labute approximate surface area is 133 Å². The highest BCUT2D eigenvalue weighted by molar-refractivity contribution is 5.95. The summed E-state index contributed by atoms with van der Waals surface area (Å²) < 4.78 is 3.55. The molecule has 1 aromatic carbocycles. The minimum absolute atomic E-state index is 0.178. The molecule has 1 aliphatic carbocycles. The highest BCUT2D eigenvalue weighted by Crippen LogP contribution is 2.27. The maximum absolute atomic E-state index is 12.5. The van der Waals surface area contributed by atoms with Crippen molar-refractivity contribution in [2.45, 2.75) is 12.8 Å². The predicted molar refractivity (Wildman–Crippen MR) is 85.7 cm³/mol. The number of rotatable bonds is 5. The molecule has 4 rings (SSSR count).